The Kier molecular flexibility index (Phi) is 5.93. The van der Waals surface area contributed by atoms with Crippen molar-refractivity contribution < 1.29 is 13.5 Å². The lowest BCUT2D eigenvalue weighted by Gasteiger charge is -2.55. The van der Waals surface area contributed by atoms with Gasteiger partial charge in [-0.1, -0.05) is 6.07 Å². The number of rotatable bonds is 5. The number of halogens is 1. The molecule has 0 aromatic heterocycles. The van der Waals surface area contributed by atoms with Crippen LogP contribution in [0.25, 0.3) is 0 Å². The second kappa shape index (κ2) is 8.07. The second-order valence-electron chi connectivity index (χ2n) is 7.05. The van der Waals surface area contributed by atoms with Gasteiger partial charge in [-0.15, -0.1) is 0 Å². The van der Waals surface area contributed by atoms with Crippen LogP contribution in [0.15, 0.2) is 36.4 Å². The number of nitrogens with zero attached hydrogens (tertiary/aromatic N) is 3. The van der Waals surface area contributed by atoms with Crippen LogP contribution in [0.5, 0.6) is 0 Å². The lowest BCUT2D eigenvalue weighted by atomic mass is 10.1. The van der Waals surface area contributed by atoms with Crippen LogP contribution < -0.4 is 10.0 Å². The molecule has 1 unspecified atom stereocenters. The minimum Gasteiger partial charge on any atom is -0.330 e. The van der Waals surface area contributed by atoms with Crippen molar-refractivity contribution in [2.75, 3.05) is 10.8 Å². The zero-order valence-electron chi connectivity index (χ0n) is 16.0. The number of nitrogens with two attached hydrogens (primary N) is 1. The highest BCUT2D eigenvalue weighted by Crippen LogP contribution is 2.60. The van der Waals surface area contributed by atoms with Crippen molar-refractivity contribution in [2.45, 2.75) is 39.3 Å². The molecule has 2 aromatic carbocycles. The van der Waals surface area contributed by atoms with E-state index in [-0.39, 0.29) is 18.3 Å². The topological polar surface area (TPSA) is 96.8 Å². The molecule has 0 fully saturated rings. The predicted molar refractivity (Wildman–Crippen MR) is 111 cm³/mol. The van der Waals surface area contributed by atoms with Crippen molar-refractivity contribution in [2.24, 2.45) is 5.73 Å². The van der Waals surface area contributed by atoms with E-state index in [0.717, 1.165) is 17.5 Å². The summed E-state index contributed by atoms with van der Waals surface area (Å²) in [7, 11) is -3.51. The molecule has 0 saturated carbocycles. The molecule has 3 rings (SSSR count). The molecule has 150 valence electrons. The van der Waals surface area contributed by atoms with Crippen LogP contribution >= 0.6 is 11.0 Å². The molecular formula is C20H25FN4O2S. The Morgan fingerprint density at radius 2 is 1.96 bits per heavy atom. The zero-order valence-corrected chi connectivity index (χ0v) is 16.8. The first-order chi connectivity index (χ1) is 13.3. The second-order valence-corrected chi connectivity index (χ2v) is 8.86. The molecule has 1 aliphatic rings. The van der Waals surface area contributed by atoms with Gasteiger partial charge in [0.05, 0.1) is 23.0 Å². The van der Waals surface area contributed by atoms with Crippen molar-refractivity contribution in [3.63, 3.8) is 0 Å². The van der Waals surface area contributed by atoms with Gasteiger partial charge in [0.15, 0.2) is 0 Å². The van der Waals surface area contributed by atoms with Gasteiger partial charge in [0.2, 0.25) is 0 Å². The van der Waals surface area contributed by atoms with E-state index in [1.807, 2.05) is 6.92 Å². The minimum atomic E-state index is -3.51. The van der Waals surface area contributed by atoms with Crippen molar-refractivity contribution >= 4 is 22.3 Å². The van der Waals surface area contributed by atoms with Gasteiger partial charge in [-0.25, -0.2) is 8.70 Å². The van der Waals surface area contributed by atoms with Crippen molar-refractivity contribution in [1.29, 1.82) is 5.26 Å². The van der Waals surface area contributed by atoms with Gasteiger partial charge in [-0.05, 0) is 85.7 Å². The summed E-state index contributed by atoms with van der Waals surface area (Å²) in [5, 5.41) is 9.25. The molecule has 0 radical (unpaired) electrons. The Morgan fingerprint density at radius 1 is 1.25 bits per heavy atom. The fourth-order valence-electron chi connectivity index (χ4n) is 3.46. The largest absolute Gasteiger partial charge is 0.330 e. The summed E-state index contributed by atoms with van der Waals surface area (Å²) in [6, 6.07) is 11.5. The molecule has 0 spiro atoms. The van der Waals surface area contributed by atoms with Gasteiger partial charge in [0, 0.05) is 12.6 Å². The van der Waals surface area contributed by atoms with E-state index < -0.39 is 16.8 Å². The van der Waals surface area contributed by atoms with Crippen molar-refractivity contribution in [3.8, 4) is 6.07 Å². The van der Waals surface area contributed by atoms with Crippen LogP contribution in [0.3, 0.4) is 0 Å². The number of hydrogen-bond acceptors (Lipinski definition) is 6. The number of hydrogen-bond donors (Lipinski definition) is 3. The van der Waals surface area contributed by atoms with E-state index in [2.05, 4.69) is 6.07 Å². The number of nitriles is 1. The molecule has 0 saturated heterocycles. The summed E-state index contributed by atoms with van der Waals surface area (Å²) >= 11 is 0. The molecule has 28 heavy (non-hydrogen) atoms. The molecule has 8 heteroatoms. The lowest BCUT2D eigenvalue weighted by molar-refractivity contribution is 0.269. The van der Waals surface area contributed by atoms with Crippen LogP contribution in [0, 0.1) is 24.1 Å². The van der Waals surface area contributed by atoms with Gasteiger partial charge < -0.3 is 5.73 Å². The molecule has 0 aliphatic carbocycles. The van der Waals surface area contributed by atoms with Crippen LogP contribution in [0.4, 0.5) is 15.8 Å². The highest BCUT2D eigenvalue weighted by atomic mass is 32.3. The number of aryl methyl sites for hydroxylation is 1. The standard InChI is InChI=1S/C20H25FN4O2S/c1-14-5-7-20(18(21)10-14)25-19-8-6-16(12-23)11-17(19)13-24(28(25,26)27)15(2)4-3-9-22/h5-8,10-11,15,26-27H,3-4,9,13,22H2,1-2H3. The Labute approximate surface area is 166 Å². The molecular weight excluding hydrogens is 379 g/mol. The monoisotopic (exact) mass is 404 g/mol. The van der Waals surface area contributed by atoms with Gasteiger partial charge in [-0.2, -0.15) is 9.57 Å². The fraction of sp³-hybridized carbons (Fsp3) is 0.350. The van der Waals surface area contributed by atoms with Gasteiger partial charge in [0.25, 0.3) is 0 Å². The zero-order chi connectivity index (χ0) is 20.5. The Morgan fingerprint density at radius 3 is 2.61 bits per heavy atom. The smallest absolute Gasteiger partial charge is 0.148 e. The highest BCUT2D eigenvalue weighted by molar-refractivity contribution is 8.23. The van der Waals surface area contributed by atoms with Crippen LogP contribution in [-0.4, -0.2) is 26.0 Å². The third-order valence-electron chi connectivity index (χ3n) is 4.95. The maximum Gasteiger partial charge on any atom is 0.148 e. The Hall–Kier alpha value is -2.15. The molecule has 0 amide bonds. The fourth-order valence-corrected chi connectivity index (χ4v) is 5.43. The van der Waals surface area contributed by atoms with E-state index in [9.17, 15) is 18.8 Å². The number of anilines is 2. The van der Waals surface area contributed by atoms with Crippen LogP contribution in [0.2, 0.25) is 0 Å². The first-order valence-electron chi connectivity index (χ1n) is 9.14. The van der Waals surface area contributed by atoms with Gasteiger partial charge in [-0.3, -0.25) is 9.11 Å². The average Bonchev–Trinajstić information content (AvgIpc) is 2.66. The molecule has 1 atom stereocenters. The molecule has 1 heterocycles. The first kappa shape index (κ1) is 20.6. The van der Waals surface area contributed by atoms with E-state index in [0.29, 0.717) is 24.2 Å². The lowest BCUT2D eigenvalue weighted by Crippen LogP contribution is -2.45. The Bertz CT molecular complexity index is 916. The van der Waals surface area contributed by atoms with Crippen molar-refractivity contribution in [3.05, 3.63) is 58.9 Å². The molecule has 6 nitrogen and oxygen atoms in total. The normalized spacial score (nSPS) is 18.2. The number of benzene rings is 2. The Balaban J connectivity index is 2.16. The molecule has 1 aliphatic heterocycles. The maximum atomic E-state index is 14.8. The summed E-state index contributed by atoms with van der Waals surface area (Å²) in [6.07, 6.45) is 1.40. The summed E-state index contributed by atoms with van der Waals surface area (Å²) < 4.78 is 40.1. The summed E-state index contributed by atoms with van der Waals surface area (Å²) in [4.78, 5) is 0. The van der Waals surface area contributed by atoms with E-state index in [1.165, 1.54) is 10.4 Å². The maximum absolute atomic E-state index is 14.8. The first-order valence-corrected chi connectivity index (χ1v) is 10.6. The quantitative estimate of drug-likeness (QED) is 0.670. The van der Waals surface area contributed by atoms with Gasteiger partial charge in [0.1, 0.15) is 5.82 Å². The van der Waals surface area contributed by atoms with Crippen LogP contribution in [-0.2, 0) is 6.54 Å². The summed E-state index contributed by atoms with van der Waals surface area (Å²) in [5.41, 5.74) is 8.14. The van der Waals surface area contributed by atoms with E-state index in [4.69, 9.17) is 5.73 Å². The van der Waals surface area contributed by atoms with Crippen molar-refractivity contribution in [1.82, 2.24) is 4.31 Å². The summed E-state index contributed by atoms with van der Waals surface area (Å²) in [5.74, 6) is -0.535. The molecule has 4 N–H and O–H groups in total. The third-order valence-corrected chi connectivity index (χ3v) is 6.95. The third kappa shape index (κ3) is 3.72. The van der Waals surface area contributed by atoms with E-state index >= 15 is 0 Å². The predicted octanol–water partition coefficient (Wildman–Crippen LogP) is 4.67. The van der Waals surface area contributed by atoms with E-state index in [1.54, 1.807) is 41.6 Å². The highest BCUT2D eigenvalue weighted by Gasteiger charge is 2.41. The molecule has 0 bridgehead atoms. The number of fused-ring (bicyclic) bond motifs is 1. The molecule has 2 aromatic rings. The SMILES string of the molecule is Cc1ccc(N2c3ccc(C#N)cc3CN(C(C)CCCN)S2(O)O)c(F)c1. The van der Waals surface area contributed by atoms with Gasteiger partial charge >= 0.3 is 0 Å². The van der Waals surface area contributed by atoms with Crippen LogP contribution in [0.1, 0.15) is 36.5 Å². The average molecular weight is 405 g/mol. The minimum absolute atomic E-state index is 0.0901. The summed E-state index contributed by atoms with van der Waals surface area (Å²) in [6.45, 7) is 4.42.